The van der Waals surface area contributed by atoms with Gasteiger partial charge in [-0.15, -0.1) is 0 Å². The molecule has 2 aliphatic rings. The molecule has 1 fully saturated rings. The molecule has 0 aromatic heterocycles. The molecule has 0 atom stereocenters. The predicted molar refractivity (Wildman–Crippen MR) is 175 cm³/mol. The van der Waals surface area contributed by atoms with Crippen LogP contribution in [-0.4, -0.2) is 59.3 Å². The van der Waals surface area contributed by atoms with Crippen LogP contribution in [-0.2, 0) is 9.59 Å². The number of carboxylic acids is 2. The number of anilines is 1. The average Bonchev–Trinajstić information content (AvgIpc) is 3.03. The lowest BCUT2D eigenvalue weighted by Crippen LogP contribution is -2.36. The number of hydrogen-bond donors (Lipinski definition) is 5. The van der Waals surface area contributed by atoms with E-state index < -0.39 is 17.9 Å². The van der Waals surface area contributed by atoms with E-state index in [1.165, 1.54) is 16.7 Å². The Hall–Kier alpha value is -4.89. The average molecular weight is 609 g/mol. The van der Waals surface area contributed by atoms with Gasteiger partial charge in [-0.2, -0.15) is 0 Å². The topological polar surface area (TPSA) is 131 Å². The summed E-state index contributed by atoms with van der Waals surface area (Å²) in [5, 5.41) is 28.3. The van der Waals surface area contributed by atoms with Crippen LogP contribution in [0.1, 0.15) is 56.1 Å². The number of carboxylic acid groups (broad SMARTS) is 2. The maximum Gasteiger partial charge on any atom is 0.334 e. The SMILES string of the molecule is CC1=C(C(=O)O)C(c2cccc(NC(=O)NCCCN3CCC(c4cccc(-c5ccccc5)c4)CC3)c2)C(C(=O)O)=C(C)N1. The minimum atomic E-state index is -1.20. The summed E-state index contributed by atoms with van der Waals surface area (Å²) in [7, 11) is 0. The van der Waals surface area contributed by atoms with E-state index in [2.05, 4.69) is 69.4 Å². The van der Waals surface area contributed by atoms with Crippen LogP contribution in [0, 0.1) is 0 Å². The zero-order valence-corrected chi connectivity index (χ0v) is 25.7. The maximum atomic E-state index is 12.7. The van der Waals surface area contributed by atoms with Crippen molar-refractivity contribution < 1.29 is 24.6 Å². The molecular formula is C36H40N4O5. The molecule has 1 saturated heterocycles. The summed E-state index contributed by atoms with van der Waals surface area (Å²) in [4.78, 5) is 39.3. The molecule has 234 valence electrons. The fraction of sp³-hybridized carbons (Fsp3) is 0.306. The van der Waals surface area contributed by atoms with E-state index in [9.17, 15) is 24.6 Å². The second-order valence-electron chi connectivity index (χ2n) is 11.7. The molecule has 2 amide bonds. The van der Waals surface area contributed by atoms with Crippen LogP contribution in [0.5, 0.6) is 0 Å². The van der Waals surface area contributed by atoms with E-state index in [4.69, 9.17) is 0 Å². The summed E-state index contributed by atoms with van der Waals surface area (Å²) in [6.45, 7) is 6.68. The van der Waals surface area contributed by atoms with Crippen LogP contribution in [0.4, 0.5) is 10.5 Å². The zero-order valence-electron chi connectivity index (χ0n) is 25.7. The first-order valence-electron chi connectivity index (χ1n) is 15.4. The van der Waals surface area contributed by atoms with Gasteiger partial charge in [0.2, 0.25) is 0 Å². The molecule has 0 radical (unpaired) electrons. The lowest BCUT2D eigenvalue weighted by Gasteiger charge is -2.32. The number of amides is 2. The Labute approximate surface area is 263 Å². The highest BCUT2D eigenvalue weighted by Gasteiger charge is 2.36. The molecule has 3 aromatic rings. The van der Waals surface area contributed by atoms with Crippen LogP contribution in [0.2, 0.25) is 0 Å². The van der Waals surface area contributed by atoms with Gasteiger partial charge in [0.15, 0.2) is 0 Å². The van der Waals surface area contributed by atoms with Crippen molar-refractivity contribution in [1.82, 2.24) is 15.5 Å². The van der Waals surface area contributed by atoms with Gasteiger partial charge in [0, 0.05) is 23.6 Å². The standard InChI is InChI=1S/C36H40N4O5/c1-23-31(34(41)42)33(32(35(43)44)24(2)38-23)29-13-7-14-30(22-29)39-36(45)37-17-8-18-40-19-15-26(16-20-40)28-12-6-11-27(21-28)25-9-4-3-5-10-25/h3-7,9-14,21-22,26,33,38H,8,15-20H2,1-2H3,(H,41,42)(H,43,44)(H2,37,39,45). The quantitative estimate of drug-likeness (QED) is 0.175. The highest BCUT2D eigenvalue weighted by molar-refractivity contribution is 5.98. The lowest BCUT2D eigenvalue weighted by atomic mass is 9.80. The number of piperidine rings is 1. The van der Waals surface area contributed by atoms with Gasteiger partial charge >= 0.3 is 18.0 Å². The first-order chi connectivity index (χ1) is 21.7. The smallest absolute Gasteiger partial charge is 0.334 e. The highest BCUT2D eigenvalue weighted by atomic mass is 16.4. The molecule has 9 nitrogen and oxygen atoms in total. The first kappa shape index (κ1) is 31.5. The van der Waals surface area contributed by atoms with E-state index >= 15 is 0 Å². The summed E-state index contributed by atoms with van der Waals surface area (Å²) in [6.07, 6.45) is 3.03. The summed E-state index contributed by atoms with van der Waals surface area (Å²) < 4.78 is 0. The molecule has 5 rings (SSSR count). The van der Waals surface area contributed by atoms with Gasteiger partial charge < -0.3 is 31.1 Å². The number of allylic oxidation sites excluding steroid dienone is 2. The number of nitrogens with zero attached hydrogens (tertiary/aromatic N) is 1. The van der Waals surface area contributed by atoms with Gasteiger partial charge in [-0.25, -0.2) is 14.4 Å². The van der Waals surface area contributed by atoms with E-state index in [1.54, 1.807) is 38.1 Å². The van der Waals surface area contributed by atoms with Gasteiger partial charge in [0.1, 0.15) is 0 Å². The predicted octanol–water partition coefficient (Wildman–Crippen LogP) is 6.15. The zero-order chi connectivity index (χ0) is 31.9. The van der Waals surface area contributed by atoms with Crippen molar-refractivity contribution in [3.63, 3.8) is 0 Å². The number of benzene rings is 3. The molecule has 45 heavy (non-hydrogen) atoms. The van der Waals surface area contributed by atoms with Crippen LogP contribution in [0.3, 0.4) is 0 Å². The number of nitrogens with one attached hydrogen (secondary N) is 3. The van der Waals surface area contributed by atoms with Crippen molar-refractivity contribution >= 4 is 23.7 Å². The summed E-state index contributed by atoms with van der Waals surface area (Å²) >= 11 is 0. The van der Waals surface area contributed by atoms with E-state index in [0.717, 1.165) is 38.9 Å². The third-order valence-corrected chi connectivity index (χ3v) is 8.69. The monoisotopic (exact) mass is 608 g/mol. The minimum absolute atomic E-state index is 0.0376. The number of rotatable bonds is 10. The van der Waals surface area contributed by atoms with Crippen molar-refractivity contribution in [3.05, 3.63) is 113 Å². The molecule has 3 aromatic carbocycles. The van der Waals surface area contributed by atoms with E-state index in [0.29, 0.717) is 35.1 Å². The molecule has 2 aliphatic heterocycles. The fourth-order valence-corrected chi connectivity index (χ4v) is 6.46. The third kappa shape index (κ3) is 7.61. The largest absolute Gasteiger partial charge is 0.478 e. The van der Waals surface area contributed by atoms with Crippen LogP contribution >= 0.6 is 0 Å². The number of hydrogen-bond acceptors (Lipinski definition) is 5. The second kappa shape index (κ2) is 14.3. The Morgan fingerprint density at radius 3 is 2.09 bits per heavy atom. The molecule has 0 bridgehead atoms. The van der Waals surface area contributed by atoms with Gasteiger partial charge in [-0.3, -0.25) is 0 Å². The molecule has 0 aliphatic carbocycles. The Morgan fingerprint density at radius 1 is 0.800 bits per heavy atom. The molecule has 0 saturated carbocycles. The third-order valence-electron chi connectivity index (χ3n) is 8.69. The number of likely N-dealkylation sites (tertiary alicyclic amines) is 1. The van der Waals surface area contributed by atoms with Gasteiger partial charge in [0.25, 0.3) is 0 Å². The van der Waals surface area contributed by atoms with Crippen molar-refractivity contribution in [1.29, 1.82) is 0 Å². The highest BCUT2D eigenvalue weighted by Crippen LogP contribution is 2.39. The Morgan fingerprint density at radius 2 is 1.42 bits per heavy atom. The van der Waals surface area contributed by atoms with Crippen LogP contribution in [0.25, 0.3) is 11.1 Å². The maximum absolute atomic E-state index is 12.7. The van der Waals surface area contributed by atoms with Crippen molar-refractivity contribution in [3.8, 4) is 11.1 Å². The van der Waals surface area contributed by atoms with E-state index in [-0.39, 0.29) is 17.2 Å². The molecule has 2 heterocycles. The van der Waals surface area contributed by atoms with Crippen LogP contribution in [0.15, 0.2) is 101 Å². The number of aliphatic carboxylic acids is 2. The molecule has 0 unspecified atom stereocenters. The van der Waals surface area contributed by atoms with Gasteiger partial charge in [0.05, 0.1) is 17.1 Å². The lowest BCUT2D eigenvalue weighted by molar-refractivity contribution is -0.133. The Bertz CT molecular complexity index is 1590. The molecular weight excluding hydrogens is 568 g/mol. The van der Waals surface area contributed by atoms with E-state index in [1.807, 2.05) is 6.07 Å². The van der Waals surface area contributed by atoms with Crippen LogP contribution < -0.4 is 16.0 Å². The molecule has 9 heteroatoms. The number of carbonyl (C=O) groups is 3. The fourth-order valence-electron chi connectivity index (χ4n) is 6.46. The summed E-state index contributed by atoms with van der Waals surface area (Å²) in [5.41, 5.74) is 5.50. The second-order valence-corrected chi connectivity index (χ2v) is 11.7. The number of carbonyl (C=O) groups excluding carboxylic acids is 1. The summed E-state index contributed by atoms with van der Waals surface area (Å²) in [6, 6.07) is 25.7. The molecule has 0 spiro atoms. The van der Waals surface area contributed by atoms with Crippen molar-refractivity contribution in [2.24, 2.45) is 0 Å². The first-order valence-corrected chi connectivity index (χ1v) is 15.4. The Kier molecular flexibility index (Phi) is 9.99. The van der Waals surface area contributed by atoms with Gasteiger partial charge in [-0.1, -0.05) is 66.7 Å². The minimum Gasteiger partial charge on any atom is -0.478 e. The normalized spacial score (nSPS) is 16.3. The molecule has 5 N–H and O–H groups in total. The van der Waals surface area contributed by atoms with Gasteiger partial charge in [-0.05, 0) is 93.0 Å². The summed E-state index contributed by atoms with van der Waals surface area (Å²) in [5.74, 6) is -2.84. The van der Waals surface area contributed by atoms with Crippen molar-refractivity contribution in [2.45, 2.75) is 44.9 Å². The number of dihydropyridines is 1. The van der Waals surface area contributed by atoms with Crippen molar-refractivity contribution in [2.75, 3.05) is 31.5 Å². The number of urea groups is 1. The Balaban J connectivity index is 1.10.